The van der Waals surface area contributed by atoms with Crippen LogP contribution in [-0.2, 0) is 0 Å². The Morgan fingerprint density at radius 3 is 0.853 bits per heavy atom. The fraction of sp³-hybridized carbons (Fsp3) is 1.00. The van der Waals surface area contributed by atoms with E-state index in [1.165, 1.54) is 219 Å². The quantitative estimate of drug-likeness (QED) is 0.0439. The first-order valence-electron chi connectivity index (χ1n) is 33.2. The Morgan fingerprint density at radius 2 is 0.573 bits per heavy atom. The van der Waals surface area contributed by atoms with Crippen LogP contribution in [0.15, 0.2) is 0 Å². The summed E-state index contributed by atoms with van der Waals surface area (Å²) in [4.78, 5) is 12.6. The van der Waals surface area contributed by atoms with E-state index in [0.29, 0.717) is 26.2 Å². The molecule has 1 aliphatic heterocycles. The van der Waals surface area contributed by atoms with Crippen LogP contribution < -0.4 is 0 Å². The predicted molar refractivity (Wildman–Crippen MR) is 335 cm³/mol. The van der Waals surface area contributed by atoms with Crippen molar-refractivity contribution in [3.05, 3.63) is 0 Å². The van der Waals surface area contributed by atoms with Gasteiger partial charge in [-0.25, -0.2) is 0 Å². The smallest absolute Gasteiger partial charge is 0.0667 e. The molecule has 1 aliphatic rings. The van der Waals surface area contributed by atoms with E-state index in [2.05, 4.69) is 59.2 Å². The van der Waals surface area contributed by atoms with Crippen LogP contribution in [0.1, 0.15) is 265 Å². The second-order valence-corrected chi connectivity index (χ2v) is 26.2. The zero-order chi connectivity index (χ0) is 54.5. The minimum atomic E-state index is -0.319. The molecule has 4 atom stereocenters. The predicted octanol–water partition coefficient (Wildman–Crippen LogP) is 14.6. The molecule has 1 rings (SSSR count). The molecule has 0 radical (unpaired) electrons. The van der Waals surface area contributed by atoms with Crippen LogP contribution in [-0.4, -0.2) is 191 Å². The molecule has 11 heteroatoms. The van der Waals surface area contributed by atoms with Crippen LogP contribution in [0.2, 0.25) is 0 Å². The van der Waals surface area contributed by atoms with E-state index in [1.54, 1.807) is 0 Å². The van der Waals surface area contributed by atoms with Crippen molar-refractivity contribution < 1.29 is 20.4 Å². The Labute approximate surface area is 477 Å². The molecule has 0 aliphatic carbocycles. The van der Waals surface area contributed by atoms with E-state index in [4.69, 9.17) is 0 Å². The van der Waals surface area contributed by atoms with Gasteiger partial charge < -0.3 is 35.1 Å². The van der Waals surface area contributed by atoms with Gasteiger partial charge in [0.2, 0.25) is 0 Å². The van der Waals surface area contributed by atoms with Gasteiger partial charge in [-0.05, 0) is 52.2 Å². The molecule has 1 heterocycles. The van der Waals surface area contributed by atoms with Gasteiger partial charge in [-0.3, -0.25) is 9.80 Å². The summed E-state index contributed by atoms with van der Waals surface area (Å²) in [5.74, 6) is 4.28. The van der Waals surface area contributed by atoms with Gasteiger partial charge in [0.15, 0.2) is 0 Å². The molecule has 0 aromatic rings. The lowest BCUT2D eigenvalue weighted by Gasteiger charge is -2.33. The highest BCUT2D eigenvalue weighted by molar-refractivity contribution is 7.99. The second kappa shape index (κ2) is 56.2. The van der Waals surface area contributed by atoms with E-state index in [1.807, 2.05) is 23.5 Å². The van der Waals surface area contributed by atoms with Crippen LogP contribution in [0, 0.1) is 0 Å². The number of piperazine rings is 1. The summed E-state index contributed by atoms with van der Waals surface area (Å²) < 4.78 is 0. The Kier molecular flexibility index (Phi) is 55.0. The molecule has 0 spiro atoms. The lowest BCUT2D eigenvalue weighted by Crippen LogP contribution is -2.45. The number of likely N-dealkylation sites (N-methyl/N-ethyl adjacent to an activating group) is 1. The van der Waals surface area contributed by atoms with Crippen molar-refractivity contribution in [1.82, 2.24) is 24.5 Å². The zero-order valence-electron chi connectivity index (χ0n) is 51.0. The largest absolute Gasteiger partial charge is 0.392 e. The highest BCUT2D eigenvalue weighted by atomic mass is 32.2. The molecule has 4 unspecified atom stereocenters. The summed E-state index contributed by atoms with van der Waals surface area (Å²) in [6.45, 7) is 22.9. The number of aliphatic hydroxyl groups excluding tert-OH is 4. The van der Waals surface area contributed by atoms with Crippen LogP contribution >= 0.6 is 23.5 Å². The number of hydrogen-bond acceptors (Lipinski definition) is 11. The third-order valence-electron chi connectivity index (χ3n) is 16.2. The molecule has 0 saturated carbocycles. The molecule has 75 heavy (non-hydrogen) atoms. The molecule has 9 nitrogen and oxygen atoms in total. The molecule has 0 amide bonds. The summed E-state index contributed by atoms with van der Waals surface area (Å²) in [5.41, 5.74) is 0. The van der Waals surface area contributed by atoms with Crippen molar-refractivity contribution >= 4 is 23.5 Å². The maximum Gasteiger partial charge on any atom is 0.0667 e. The minimum Gasteiger partial charge on any atom is -0.392 e. The SMILES string of the molecule is CCCCCCCCCCC(O)CN(CCSCCN(CCCN1CCN(C)CC1)CCSCCN(CC(O)CCCCCCCCCC)CC(O)CCCCCCCCCC)CC(O)CCCCCCCCCC. The van der Waals surface area contributed by atoms with E-state index in [9.17, 15) is 20.4 Å². The number of aliphatic hydroxyl groups is 4. The minimum absolute atomic E-state index is 0.319. The first-order chi connectivity index (χ1) is 36.7. The molecular formula is C64H133N5O4S2. The van der Waals surface area contributed by atoms with Gasteiger partial charge in [0.25, 0.3) is 0 Å². The van der Waals surface area contributed by atoms with Gasteiger partial charge >= 0.3 is 0 Å². The van der Waals surface area contributed by atoms with Crippen molar-refractivity contribution in [3.8, 4) is 0 Å². The van der Waals surface area contributed by atoms with E-state index in [-0.39, 0.29) is 24.4 Å². The monoisotopic (exact) mass is 1100 g/mol. The first-order valence-corrected chi connectivity index (χ1v) is 35.5. The summed E-state index contributed by atoms with van der Waals surface area (Å²) in [7, 11) is 2.24. The fourth-order valence-corrected chi connectivity index (χ4v) is 13.0. The Hall–Kier alpha value is 0.340. The number of unbranched alkanes of at least 4 members (excludes halogenated alkanes) is 28. The van der Waals surface area contributed by atoms with Crippen LogP contribution in [0.25, 0.3) is 0 Å². The summed E-state index contributed by atoms with van der Waals surface area (Å²) in [5, 5.41) is 44.8. The number of thioether (sulfide) groups is 2. The summed E-state index contributed by atoms with van der Waals surface area (Å²) in [6.07, 6.45) is 44.6. The highest BCUT2D eigenvalue weighted by Crippen LogP contribution is 2.18. The molecule has 1 saturated heterocycles. The lowest BCUT2D eigenvalue weighted by atomic mass is 10.0. The number of nitrogens with zero attached hydrogens (tertiary/aromatic N) is 5. The van der Waals surface area contributed by atoms with E-state index < -0.39 is 0 Å². The highest BCUT2D eigenvalue weighted by Gasteiger charge is 2.19. The van der Waals surface area contributed by atoms with Gasteiger partial charge in [0, 0.05) is 102 Å². The topological polar surface area (TPSA) is 97.1 Å². The average Bonchev–Trinajstić information content (AvgIpc) is 3.39. The Morgan fingerprint density at radius 1 is 0.320 bits per heavy atom. The molecule has 1 fully saturated rings. The summed E-state index contributed by atoms with van der Waals surface area (Å²) in [6, 6.07) is 0. The summed E-state index contributed by atoms with van der Waals surface area (Å²) >= 11 is 4.10. The Bertz CT molecular complexity index is 1000. The molecule has 0 aromatic carbocycles. The standard InChI is InChI=1S/C64H133N5O4S2/c1-6-10-14-18-22-26-30-34-39-61(70)57-68(58-62(71)40-35-31-27-23-19-15-11-7-2)51-55-74-53-49-67(44-38-43-66-47-45-65(5)46-48-66)50-54-75-56-52-69(59-63(72)41-36-32-28-24-20-16-12-8-3)60-64(73)42-37-33-29-25-21-17-13-9-4/h61-64,70-73H,6-60H2,1-5H3. The van der Waals surface area contributed by atoms with Crippen LogP contribution in [0.4, 0.5) is 0 Å². The lowest BCUT2D eigenvalue weighted by molar-refractivity contribution is 0.0634. The average molecular weight is 1100 g/mol. The van der Waals surface area contributed by atoms with Crippen molar-refractivity contribution in [2.45, 2.75) is 290 Å². The molecular weight excluding hydrogens is 967 g/mol. The normalized spacial score (nSPS) is 15.5. The van der Waals surface area contributed by atoms with Gasteiger partial charge in [-0.2, -0.15) is 23.5 Å². The van der Waals surface area contributed by atoms with Crippen molar-refractivity contribution in [1.29, 1.82) is 0 Å². The van der Waals surface area contributed by atoms with Crippen molar-refractivity contribution in [3.63, 3.8) is 0 Å². The van der Waals surface area contributed by atoms with Gasteiger partial charge in [-0.1, -0.05) is 233 Å². The number of rotatable bonds is 60. The maximum absolute atomic E-state index is 11.2. The maximum atomic E-state index is 11.2. The molecule has 450 valence electrons. The van der Waals surface area contributed by atoms with Gasteiger partial charge in [0.05, 0.1) is 24.4 Å². The van der Waals surface area contributed by atoms with Gasteiger partial charge in [-0.15, -0.1) is 0 Å². The van der Waals surface area contributed by atoms with Crippen molar-refractivity contribution in [2.24, 2.45) is 0 Å². The third-order valence-corrected chi connectivity index (χ3v) is 18.1. The van der Waals surface area contributed by atoms with Gasteiger partial charge in [0.1, 0.15) is 0 Å². The molecule has 0 bridgehead atoms. The van der Waals surface area contributed by atoms with E-state index >= 15 is 0 Å². The zero-order valence-corrected chi connectivity index (χ0v) is 52.7. The van der Waals surface area contributed by atoms with Crippen LogP contribution in [0.3, 0.4) is 0 Å². The Balaban J connectivity index is 2.77. The molecule has 4 N–H and O–H groups in total. The van der Waals surface area contributed by atoms with E-state index in [0.717, 1.165) is 107 Å². The molecule has 0 aromatic heterocycles. The fourth-order valence-electron chi connectivity index (χ4n) is 11.0. The van der Waals surface area contributed by atoms with Crippen molar-refractivity contribution in [2.75, 3.05) is 122 Å². The number of hydrogen-bond donors (Lipinski definition) is 4. The third kappa shape index (κ3) is 49.8. The first kappa shape index (κ1) is 73.4. The second-order valence-electron chi connectivity index (χ2n) is 23.8. The van der Waals surface area contributed by atoms with Crippen LogP contribution in [0.5, 0.6) is 0 Å².